The highest BCUT2D eigenvalue weighted by Gasteiger charge is 2.47. The molecule has 3 aliphatic heterocycles. The predicted octanol–water partition coefficient (Wildman–Crippen LogP) is -0.226. The van der Waals surface area contributed by atoms with E-state index in [1.165, 1.54) is 6.20 Å². The zero-order valence-electron chi connectivity index (χ0n) is 13.7. The van der Waals surface area contributed by atoms with E-state index < -0.39 is 7.12 Å². The Hall–Kier alpha value is -1.80. The van der Waals surface area contributed by atoms with Crippen LogP contribution in [0.5, 0.6) is 0 Å². The summed E-state index contributed by atoms with van der Waals surface area (Å²) in [4.78, 5) is 8.53. The van der Waals surface area contributed by atoms with E-state index >= 15 is 0 Å². The summed E-state index contributed by atoms with van der Waals surface area (Å²) in [6.07, 6.45) is 2.56. The van der Waals surface area contributed by atoms with E-state index in [4.69, 9.17) is 20.2 Å². The summed E-state index contributed by atoms with van der Waals surface area (Å²) >= 11 is 0. The van der Waals surface area contributed by atoms with Crippen LogP contribution in [0.25, 0.3) is 0 Å². The molecule has 0 aliphatic carbocycles. The Morgan fingerprint density at radius 3 is 2.43 bits per heavy atom. The fourth-order valence-corrected chi connectivity index (χ4v) is 3.21. The highest BCUT2D eigenvalue weighted by molar-refractivity contribution is 6.58. The van der Waals surface area contributed by atoms with E-state index in [0.717, 1.165) is 25.3 Å². The van der Waals surface area contributed by atoms with Crippen molar-refractivity contribution in [1.29, 1.82) is 5.41 Å². The van der Waals surface area contributed by atoms with Crippen LogP contribution < -0.4 is 10.4 Å². The summed E-state index contributed by atoms with van der Waals surface area (Å²) in [7, 11) is -1.49. The molecule has 4 rings (SSSR count). The van der Waals surface area contributed by atoms with Gasteiger partial charge < -0.3 is 24.6 Å². The molecule has 0 spiro atoms. The lowest BCUT2D eigenvalue weighted by Gasteiger charge is -2.57. The minimum Gasteiger partial charge on any atom is -0.460 e. The summed E-state index contributed by atoms with van der Waals surface area (Å²) < 4.78 is 5.68. The van der Waals surface area contributed by atoms with Crippen LogP contribution in [0.2, 0.25) is 0 Å². The molecular formula is C15H23BN4O3. The van der Waals surface area contributed by atoms with E-state index in [2.05, 4.69) is 9.88 Å². The van der Waals surface area contributed by atoms with Crippen LogP contribution in [0.1, 0.15) is 27.2 Å². The van der Waals surface area contributed by atoms with Crippen molar-refractivity contribution in [1.82, 2.24) is 9.88 Å². The molecule has 2 atom stereocenters. The van der Waals surface area contributed by atoms with Crippen molar-refractivity contribution >= 4 is 24.4 Å². The van der Waals surface area contributed by atoms with Gasteiger partial charge in [0.1, 0.15) is 11.4 Å². The summed E-state index contributed by atoms with van der Waals surface area (Å²) in [5.74, 6) is 0.826. The molecule has 2 unspecified atom stereocenters. The number of piperidine rings is 1. The van der Waals surface area contributed by atoms with Gasteiger partial charge in [-0.15, -0.1) is 0 Å². The third-order valence-corrected chi connectivity index (χ3v) is 4.22. The van der Waals surface area contributed by atoms with Gasteiger partial charge in [0.15, 0.2) is 0 Å². The van der Waals surface area contributed by atoms with Gasteiger partial charge >= 0.3 is 7.12 Å². The first kappa shape index (κ1) is 16.1. The number of nitrogens with one attached hydrogen (secondary N) is 1. The topological polar surface area (TPSA) is 92.9 Å². The number of anilines is 1. The van der Waals surface area contributed by atoms with Gasteiger partial charge in [-0.05, 0) is 33.3 Å². The third kappa shape index (κ3) is 3.28. The van der Waals surface area contributed by atoms with E-state index in [1.54, 1.807) is 12.1 Å². The number of hydrogen-bond donors (Lipinski definition) is 3. The number of pyridine rings is 1. The van der Waals surface area contributed by atoms with Crippen molar-refractivity contribution in [2.24, 2.45) is 0 Å². The Morgan fingerprint density at radius 2 is 1.96 bits per heavy atom. The van der Waals surface area contributed by atoms with E-state index in [-0.39, 0.29) is 23.7 Å². The number of amidine groups is 1. The lowest BCUT2D eigenvalue weighted by atomic mass is 9.82. The fraction of sp³-hybridized carbons (Fsp3) is 0.600. The smallest absolute Gasteiger partial charge is 0.460 e. The van der Waals surface area contributed by atoms with Crippen LogP contribution in [0.4, 0.5) is 5.82 Å². The molecule has 1 aromatic heterocycles. The van der Waals surface area contributed by atoms with Gasteiger partial charge in [0.2, 0.25) is 0 Å². The van der Waals surface area contributed by atoms with Gasteiger partial charge in [-0.1, -0.05) is 6.07 Å². The summed E-state index contributed by atoms with van der Waals surface area (Å²) in [6.45, 7) is 7.43. The molecule has 8 heteroatoms. The van der Waals surface area contributed by atoms with Crippen molar-refractivity contribution in [3.63, 3.8) is 0 Å². The Morgan fingerprint density at radius 1 is 1.30 bits per heavy atom. The van der Waals surface area contributed by atoms with E-state index in [1.807, 2.05) is 25.7 Å². The molecule has 0 radical (unpaired) electrons. The van der Waals surface area contributed by atoms with Gasteiger partial charge in [0.05, 0.1) is 12.1 Å². The molecule has 7 nitrogen and oxygen atoms in total. The predicted molar refractivity (Wildman–Crippen MR) is 88.9 cm³/mol. The molecule has 0 aromatic carbocycles. The van der Waals surface area contributed by atoms with Crippen LogP contribution in [0, 0.1) is 5.41 Å². The Bertz CT molecular complexity index is 575. The van der Waals surface area contributed by atoms with Crippen LogP contribution >= 0.6 is 0 Å². The number of rotatable bonds is 2. The molecule has 3 N–H and O–H groups in total. The summed E-state index contributed by atoms with van der Waals surface area (Å²) in [5, 5.41) is 26.4. The second-order valence-corrected chi connectivity index (χ2v) is 7.20. The van der Waals surface area contributed by atoms with Gasteiger partial charge in [-0.25, -0.2) is 4.98 Å². The Labute approximate surface area is 136 Å². The maximum Gasteiger partial charge on any atom is 0.490 e. The third-order valence-electron chi connectivity index (χ3n) is 4.22. The normalized spacial score (nSPS) is 23.3. The fourth-order valence-electron chi connectivity index (χ4n) is 3.21. The maximum absolute atomic E-state index is 9.12. The number of piperazine rings is 1. The van der Waals surface area contributed by atoms with Crippen molar-refractivity contribution in [2.75, 3.05) is 18.0 Å². The van der Waals surface area contributed by atoms with Crippen LogP contribution in [0.15, 0.2) is 18.3 Å². The number of hydrogen-bond acceptors (Lipinski definition) is 6. The van der Waals surface area contributed by atoms with Gasteiger partial charge in [-0.2, -0.15) is 0 Å². The molecule has 2 bridgehead atoms. The second-order valence-electron chi connectivity index (χ2n) is 7.20. The molecule has 3 fully saturated rings. The minimum atomic E-state index is -1.49. The highest BCUT2D eigenvalue weighted by Crippen LogP contribution is 2.34. The molecule has 124 valence electrons. The van der Waals surface area contributed by atoms with Gasteiger partial charge in [0, 0.05) is 24.7 Å². The van der Waals surface area contributed by atoms with Crippen LogP contribution in [-0.4, -0.2) is 63.8 Å². The van der Waals surface area contributed by atoms with E-state index in [9.17, 15) is 0 Å². The molecule has 0 saturated carbocycles. The Balaban J connectivity index is 1.63. The van der Waals surface area contributed by atoms with Crippen LogP contribution in [0.3, 0.4) is 0 Å². The average molecular weight is 318 g/mol. The minimum absolute atomic E-state index is 0.255. The average Bonchev–Trinajstić information content (AvgIpc) is 2.45. The standard InChI is InChI=1S/C15H23BN4O3/c1-15(2,3)23-14(17)20-11-6-12(20)9-19(8-11)13-5-4-10(7-18-13)16(21)22/h4-5,7,11-12,17,21-22H,6,8-9H2,1-3H3. The molecule has 23 heavy (non-hydrogen) atoms. The number of ether oxygens (including phenoxy) is 1. The van der Waals surface area contributed by atoms with Crippen molar-refractivity contribution in [3.05, 3.63) is 18.3 Å². The zero-order valence-corrected chi connectivity index (χ0v) is 13.7. The largest absolute Gasteiger partial charge is 0.490 e. The zero-order chi connectivity index (χ0) is 16.8. The molecule has 1 aromatic rings. The van der Waals surface area contributed by atoms with Gasteiger partial charge in [0.25, 0.3) is 6.02 Å². The Kier molecular flexibility index (Phi) is 3.97. The molecule has 4 heterocycles. The lowest BCUT2D eigenvalue weighted by molar-refractivity contribution is 0.00589. The summed E-state index contributed by atoms with van der Waals surface area (Å²) in [6, 6.07) is 4.28. The lowest BCUT2D eigenvalue weighted by Crippen LogP contribution is -2.71. The number of aromatic nitrogens is 1. The first-order valence-corrected chi connectivity index (χ1v) is 7.87. The first-order chi connectivity index (χ1) is 10.7. The van der Waals surface area contributed by atoms with E-state index in [0.29, 0.717) is 5.46 Å². The molecular weight excluding hydrogens is 295 g/mol. The molecule has 3 aliphatic rings. The van der Waals surface area contributed by atoms with Crippen molar-refractivity contribution < 1.29 is 14.8 Å². The number of fused-ring (bicyclic) bond motifs is 2. The highest BCUT2D eigenvalue weighted by atomic mass is 16.5. The second kappa shape index (κ2) is 5.69. The van der Waals surface area contributed by atoms with Crippen molar-refractivity contribution in [2.45, 2.75) is 44.9 Å². The van der Waals surface area contributed by atoms with Crippen LogP contribution in [-0.2, 0) is 4.74 Å². The SMILES string of the molecule is CC(C)(C)OC(=N)N1C2CC1CN(c1ccc(B(O)O)cn1)C2. The first-order valence-electron chi connectivity index (χ1n) is 7.87. The molecule has 0 amide bonds. The molecule has 3 saturated heterocycles. The quantitative estimate of drug-likeness (QED) is 0.396. The monoisotopic (exact) mass is 318 g/mol. The maximum atomic E-state index is 9.12. The van der Waals surface area contributed by atoms with Gasteiger partial charge in [-0.3, -0.25) is 5.41 Å². The van der Waals surface area contributed by atoms with Crippen molar-refractivity contribution in [3.8, 4) is 0 Å². The number of nitrogens with zero attached hydrogens (tertiary/aromatic N) is 3. The summed E-state index contributed by atoms with van der Waals surface area (Å²) in [5.41, 5.74) is 0.0290.